The van der Waals surface area contributed by atoms with Gasteiger partial charge in [0.1, 0.15) is 17.9 Å². The lowest BCUT2D eigenvalue weighted by molar-refractivity contribution is -0.141. The maximum absolute atomic E-state index is 12.4. The molecule has 1 aromatic rings. The maximum atomic E-state index is 12.4. The molecule has 0 saturated carbocycles. The summed E-state index contributed by atoms with van der Waals surface area (Å²) < 4.78 is 54.0. The molecule has 0 N–H and O–H groups in total. The summed E-state index contributed by atoms with van der Waals surface area (Å²) in [6.45, 7) is -0.622. The fourth-order valence-electron chi connectivity index (χ4n) is 1.05. The summed E-state index contributed by atoms with van der Waals surface area (Å²) in [5, 5.41) is 3.20. The Morgan fingerprint density at radius 1 is 1.44 bits per heavy atom. The van der Waals surface area contributed by atoms with Crippen molar-refractivity contribution < 1.29 is 27.1 Å². The summed E-state index contributed by atoms with van der Waals surface area (Å²) in [5.41, 5.74) is -1.53. The molecule has 0 radical (unpaired) electrons. The van der Waals surface area contributed by atoms with Gasteiger partial charge in [0, 0.05) is 0 Å². The molecule has 0 aliphatic heterocycles. The van der Waals surface area contributed by atoms with Gasteiger partial charge in [-0.15, -0.1) is 0 Å². The first-order valence-electron chi connectivity index (χ1n) is 4.16. The van der Waals surface area contributed by atoms with Crippen LogP contribution in [0, 0.1) is 0 Å². The van der Waals surface area contributed by atoms with E-state index in [2.05, 4.69) is 9.84 Å². The molecule has 0 spiro atoms. The molecule has 0 aliphatic rings. The zero-order valence-corrected chi connectivity index (χ0v) is 8.16. The molecule has 16 heavy (non-hydrogen) atoms. The second-order valence-electron chi connectivity index (χ2n) is 2.83. The highest BCUT2D eigenvalue weighted by molar-refractivity contribution is 5.68. The van der Waals surface area contributed by atoms with Crippen LogP contribution >= 0.6 is 0 Å². The maximum Gasteiger partial charge on any atom is 0.327 e. The van der Waals surface area contributed by atoms with Crippen molar-refractivity contribution >= 4 is 5.97 Å². The number of rotatable bonds is 4. The number of nitrogens with zero attached hydrogens (tertiary/aromatic N) is 2. The first-order valence-corrected chi connectivity index (χ1v) is 4.16. The molecular weight excluding hydrogens is 232 g/mol. The summed E-state index contributed by atoms with van der Waals surface area (Å²) >= 11 is 0. The van der Waals surface area contributed by atoms with Crippen molar-refractivity contribution in [2.75, 3.05) is 7.11 Å². The molecule has 1 heterocycles. The largest absolute Gasteiger partial charge is 0.468 e. The topological polar surface area (TPSA) is 44.1 Å². The van der Waals surface area contributed by atoms with Crippen molar-refractivity contribution in [1.82, 2.24) is 9.78 Å². The molecule has 0 bridgehead atoms. The second kappa shape index (κ2) is 4.95. The van der Waals surface area contributed by atoms with Gasteiger partial charge in [0.05, 0.1) is 7.11 Å². The van der Waals surface area contributed by atoms with E-state index in [1.807, 2.05) is 0 Å². The average molecular weight is 240 g/mol. The minimum absolute atomic E-state index is 0.512. The Morgan fingerprint density at radius 3 is 2.50 bits per heavy atom. The Labute approximate surface area is 87.8 Å². The van der Waals surface area contributed by atoms with E-state index in [0.717, 1.165) is 7.11 Å². The van der Waals surface area contributed by atoms with E-state index in [1.54, 1.807) is 0 Å². The van der Waals surface area contributed by atoms with Gasteiger partial charge in [-0.25, -0.2) is 17.6 Å². The Balaban J connectivity index is 3.00. The number of halogens is 4. The standard InChI is InChI=1S/C8H8F4N2O2/c1-16-6(15)3-14-5(8(11)12)2-4(13-14)7(9)10/h2,7-8H,3H2,1H3. The minimum atomic E-state index is -2.98. The van der Waals surface area contributed by atoms with Crippen molar-refractivity contribution in [1.29, 1.82) is 0 Å². The number of esters is 1. The van der Waals surface area contributed by atoms with Gasteiger partial charge in [-0.2, -0.15) is 5.10 Å². The number of carbonyl (C=O) groups excluding carboxylic acids is 1. The number of methoxy groups -OCH3 is 1. The summed E-state index contributed by atoms with van der Waals surface area (Å²) in [7, 11) is 1.06. The molecule has 0 aromatic carbocycles. The number of ether oxygens (including phenoxy) is 1. The van der Waals surface area contributed by atoms with Crippen molar-refractivity contribution in [3.8, 4) is 0 Å². The number of alkyl halides is 4. The summed E-state index contributed by atoms with van der Waals surface area (Å²) in [5.74, 6) is -0.842. The van der Waals surface area contributed by atoms with E-state index < -0.39 is 36.8 Å². The molecule has 0 atom stereocenters. The van der Waals surface area contributed by atoms with Crippen LogP contribution in [0.15, 0.2) is 6.07 Å². The van der Waals surface area contributed by atoms with Crippen LogP contribution in [0.25, 0.3) is 0 Å². The highest BCUT2D eigenvalue weighted by Crippen LogP contribution is 2.24. The van der Waals surface area contributed by atoms with Crippen LogP contribution in [-0.2, 0) is 16.1 Å². The Kier molecular flexibility index (Phi) is 3.86. The molecule has 8 heteroatoms. The summed E-state index contributed by atoms with van der Waals surface area (Å²) in [6.07, 6.45) is -5.94. The van der Waals surface area contributed by atoms with Crippen molar-refractivity contribution in [3.05, 3.63) is 17.5 Å². The summed E-state index contributed by atoms with van der Waals surface area (Å²) in [4.78, 5) is 10.8. The quantitative estimate of drug-likeness (QED) is 0.596. The van der Waals surface area contributed by atoms with Gasteiger partial charge in [-0.3, -0.25) is 9.48 Å². The molecule has 1 rings (SSSR count). The van der Waals surface area contributed by atoms with Crippen LogP contribution in [0.5, 0.6) is 0 Å². The van der Waals surface area contributed by atoms with Gasteiger partial charge in [0.25, 0.3) is 12.9 Å². The van der Waals surface area contributed by atoms with Crippen molar-refractivity contribution in [2.24, 2.45) is 0 Å². The predicted octanol–water partition coefficient (Wildman–Crippen LogP) is 1.93. The Bertz CT molecular complexity index is 378. The predicted molar refractivity (Wildman–Crippen MR) is 44.2 cm³/mol. The van der Waals surface area contributed by atoms with Gasteiger partial charge in [-0.1, -0.05) is 0 Å². The van der Waals surface area contributed by atoms with E-state index in [9.17, 15) is 22.4 Å². The van der Waals surface area contributed by atoms with Crippen LogP contribution in [0.1, 0.15) is 24.2 Å². The van der Waals surface area contributed by atoms with E-state index in [1.165, 1.54) is 0 Å². The summed E-state index contributed by atoms with van der Waals surface area (Å²) in [6, 6.07) is 0.568. The third-order valence-corrected chi connectivity index (χ3v) is 1.78. The molecule has 0 saturated heterocycles. The van der Waals surface area contributed by atoms with E-state index in [4.69, 9.17) is 0 Å². The van der Waals surface area contributed by atoms with E-state index in [0.29, 0.717) is 10.7 Å². The molecule has 1 aromatic heterocycles. The molecule has 90 valence electrons. The lowest BCUT2D eigenvalue weighted by atomic mass is 10.3. The van der Waals surface area contributed by atoms with E-state index in [-0.39, 0.29) is 0 Å². The third-order valence-electron chi connectivity index (χ3n) is 1.78. The van der Waals surface area contributed by atoms with Gasteiger partial charge in [0.15, 0.2) is 0 Å². The lowest BCUT2D eigenvalue weighted by Crippen LogP contribution is -2.15. The monoisotopic (exact) mass is 240 g/mol. The van der Waals surface area contributed by atoms with Crippen molar-refractivity contribution in [2.45, 2.75) is 19.4 Å². The van der Waals surface area contributed by atoms with Gasteiger partial charge in [-0.05, 0) is 6.07 Å². The molecule has 0 fully saturated rings. The zero-order chi connectivity index (χ0) is 12.3. The number of hydrogen-bond donors (Lipinski definition) is 0. The second-order valence-corrected chi connectivity index (χ2v) is 2.83. The smallest absolute Gasteiger partial charge is 0.327 e. The zero-order valence-electron chi connectivity index (χ0n) is 8.16. The molecule has 0 amide bonds. The average Bonchev–Trinajstić information content (AvgIpc) is 2.61. The third kappa shape index (κ3) is 2.71. The van der Waals surface area contributed by atoms with Gasteiger partial charge in [0.2, 0.25) is 0 Å². The SMILES string of the molecule is COC(=O)Cn1nc(C(F)F)cc1C(F)F. The number of hydrogen-bond acceptors (Lipinski definition) is 3. The lowest BCUT2D eigenvalue weighted by Gasteiger charge is -2.04. The van der Waals surface area contributed by atoms with Crippen LogP contribution in [0.4, 0.5) is 17.6 Å². The molecule has 0 aliphatic carbocycles. The van der Waals surface area contributed by atoms with Crippen LogP contribution in [-0.4, -0.2) is 22.9 Å². The fraction of sp³-hybridized carbons (Fsp3) is 0.500. The molecular formula is C8H8F4N2O2. The minimum Gasteiger partial charge on any atom is -0.468 e. The Hall–Kier alpha value is -1.60. The van der Waals surface area contributed by atoms with Crippen LogP contribution in [0.2, 0.25) is 0 Å². The van der Waals surface area contributed by atoms with Crippen LogP contribution in [0.3, 0.4) is 0 Å². The van der Waals surface area contributed by atoms with Crippen molar-refractivity contribution in [3.63, 3.8) is 0 Å². The van der Waals surface area contributed by atoms with Gasteiger partial charge < -0.3 is 4.74 Å². The van der Waals surface area contributed by atoms with Crippen LogP contribution < -0.4 is 0 Å². The first kappa shape index (κ1) is 12.5. The first-order chi connectivity index (χ1) is 7.45. The highest BCUT2D eigenvalue weighted by Gasteiger charge is 2.22. The van der Waals surface area contributed by atoms with E-state index >= 15 is 0 Å². The van der Waals surface area contributed by atoms with Gasteiger partial charge >= 0.3 is 5.97 Å². The highest BCUT2D eigenvalue weighted by atomic mass is 19.3. The normalized spacial score (nSPS) is 11.2. The fourth-order valence-corrected chi connectivity index (χ4v) is 1.05. The number of carbonyl (C=O) groups is 1. The number of aromatic nitrogens is 2. The Morgan fingerprint density at radius 2 is 2.06 bits per heavy atom. The molecule has 4 nitrogen and oxygen atoms in total. The molecule has 0 unspecified atom stereocenters.